The number of aliphatic hydroxyl groups is 2. The second-order valence-electron chi connectivity index (χ2n) is 9.41. The molecule has 0 bridgehead atoms. The summed E-state index contributed by atoms with van der Waals surface area (Å²) < 4.78 is 44.2. The first-order chi connectivity index (χ1) is 15.8. The van der Waals surface area contributed by atoms with Gasteiger partial charge in [0, 0.05) is 40.9 Å². The van der Waals surface area contributed by atoms with Crippen molar-refractivity contribution in [1.82, 2.24) is 4.57 Å². The van der Waals surface area contributed by atoms with E-state index < -0.39 is 28.9 Å². The molecule has 184 valence electrons. The van der Waals surface area contributed by atoms with Gasteiger partial charge in [-0.2, -0.15) is 0 Å². The minimum atomic E-state index is -2.76. The molecule has 1 saturated carbocycles. The average Bonchev–Trinajstić information content (AvgIpc) is 3.11. The maximum absolute atomic E-state index is 14.6. The number of carboxylic acids is 1. The quantitative estimate of drug-likeness (QED) is 0.557. The molecule has 1 aliphatic carbocycles. The van der Waals surface area contributed by atoms with Gasteiger partial charge in [0.05, 0.1) is 17.4 Å². The lowest BCUT2D eigenvalue weighted by Gasteiger charge is -2.34. The maximum Gasteiger partial charge on any atom is 0.335 e. The van der Waals surface area contributed by atoms with Crippen LogP contribution in [0.4, 0.5) is 13.2 Å². The molecule has 5 nitrogen and oxygen atoms in total. The van der Waals surface area contributed by atoms with Crippen molar-refractivity contribution in [3.05, 3.63) is 58.0 Å². The zero-order chi connectivity index (χ0) is 25.4. The number of benzene rings is 1. The first kappa shape index (κ1) is 25.6. The molecule has 3 N–H and O–H groups in total. The van der Waals surface area contributed by atoms with E-state index in [0.29, 0.717) is 16.8 Å². The van der Waals surface area contributed by atoms with E-state index in [9.17, 15) is 33.3 Å². The third-order valence-corrected chi connectivity index (χ3v) is 6.53. The van der Waals surface area contributed by atoms with Gasteiger partial charge >= 0.3 is 5.97 Å². The molecule has 0 atom stereocenters. The Kier molecular flexibility index (Phi) is 7.03. The summed E-state index contributed by atoms with van der Waals surface area (Å²) in [6.07, 6.45) is 0.780. The van der Waals surface area contributed by atoms with Crippen LogP contribution in [-0.4, -0.2) is 38.4 Å². The smallest absolute Gasteiger partial charge is 0.335 e. The van der Waals surface area contributed by atoms with Gasteiger partial charge < -0.3 is 19.9 Å². The number of hydrogen-bond acceptors (Lipinski definition) is 3. The second kappa shape index (κ2) is 9.33. The first-order valence-corrected chi connectivity index (χ1v) is 11.2. The molecule has 0 aliphatic heterocycles. The Bertz CT molecular complexity index is 1220. The van der Waals surface area contributed by atoms with Gasteiger partial charge in [-0.15, -0.1) is 0 Å². The number of nitrogens with zero attached hydrogens (tertiary/aromatic N) is 1. The van der Waals surface area contributed by atoms with Crippen molar-refractivity contribution in [2.45, 2.75) is 63.8 Å². The van der Waals surface area contributed by atoms with Crippen LogP contribution in [0.1, 0.15) is 68.5 Å². The molecule has 0 spiro atoms. The predicted octanol–water partition coefficient (Wildman–Crippen LogP) is 4.82. The van der Waals surface area contributed by atoms with Gasteiger partial charge in [-0.25, -0.2) is 18.0 Å². The molecule has 0 amide bonds. The summed E-state index contributed by atoms with van der Waals surface area (Å²) in [4.78, 5) is 11.3. The molecule has 34 heavy (non-hydrogen) atoms. The van der Waals surface area contributed by atoms with Crippen molar-refractivity contribution in [2.24, 2.45) is 0 Å². The zero-order valence-corrected chi connectivity index (χ0v) is 19.5. The van der Waals surface area contributed by atoms with E-state index in [1.165, 1.54) is 19.1 Å². The molecule has 3 rings (SSSR count). The summed E-state index contributed by atoms with van der Waals surface area (Å²) in [6, 6.07) is 5.47. The van der Waals surface area contributed by atoms with Gasteiger partial charge in [0.2, 0.25) is 5.92 Å². The fraction of sp³-hybridized carbons (Fsp3) is 0.423. The lowest BCUT2D eigenvalue weighted by Crippen LogP contribution is -2.38. The van der Waals surface area contributed by atoms with Gasteiger partial charge in [0.25, 0.3) is 0 Å². The molecule has 0 saturated heterocycles. The third-order valence-electron chi connectivity index (χ3n) is 6.53. The summed E-state index contributed by atoms with van der Waals surface area (Å²) in [5.74, 6) is -5.41. The van der Waals surface area contributed by atoms with Crippen molar-refractivity contribution < 1.29 is 33.3 Å². The van der Waals surface area contributed by atoms with E-state index in [2.05, 4.69) is 6.58 Å². The second-order valence-corrected chi connectivity index (χ2v) is 9.41. The normalized spacial score (nSPS) is 18.1. The predicted molar refractivity (Wildman–Crippen MR) is 125 cm³/mol. The first-order valence-electron chi connectivity index (χ1n) is 11.2. The van der Waals surface area contributed by atoms with Crippen molar-refractivity contribution in [3.8, 4) is 11.1 Å². The number of rotatable bonds is 6. The molecule has 2 aromatic rings. The Morgan fingerprint density at radius 1 is 1.21 bits per heavy atom. The van der Waals surface area contributed by atoms with Gasteiger partial charge in [-0.05, 0) is 43.5 Å². The Labute approximate surface area is 196 Å². The minimum absolute atomic E-state index is 0.0462. The van der Waals surface area contributed by atoms with E-state index in [0.717, 1.165) is 6.08 Å². The highest BCUT2D eigenvalue weighted by Crippen LogP contribution is 2.41. The zero-order valence-electron chi connectivity index (χ0n) is 19.5. The Balaban J connectivity index is 2.45. The molecule has 1 aromatic carbocycles. The van der Waals surface area contributed by atoms with E-state index in [1.54, 1.807) is 30.5 Å². The summed E-state index contributed by atoms with van der Waals surface area (Å²) in [5, 5.41) is 30.7. The Morgan fingerprint density at radius 3 is 2.24 bits per heavy atom. The van der Waals surface area contributed by atoms with Gasteiger partial charge in [0.1, 0.15) is 0 Å². The fourth-order valence-corrected chi connectivity index (χ4v) is 4.64. The number of aromatic nitrogens is 1. The van der Waals surface area contributed by atoms with Crippen molar-refractivity contribution in [3.63, 3.8) is 0 Å². The Morgan fingerprint density at radius 2 is 1.76 bits per heavy atom. The summed E-state index contributed by atoms with van der Waals surface area (Å²) in [5.41, 5.74) is 0.510. The maximum atomic E-state index is 14.6. The van der Waals surface area contributed by atoms with Crippen LogP contribution >= 0.6 is 0 Å². The number of alkyl halides is 2. The lowest BCUT2D eigenvalue weighted by atomic mass is 9.84. The van der Waals surface area contributed by atoms with Crippen LogP contribution in [0.25, 0.3) is 23.5 Å². The van der Waals surface area contributed by atoms with Crippen LogP contribution < -0.4 is 10.6 Å². The number of carbonyl (C=O) groups is 1. The summed E-state index contributed by atoms with van der Waals surface area (Å²) in [7, 11) is 0. The molecular weight excluding hydrogens is 447 g/mol. The highest BCUT2D eigenvalue weighted by Gasteiger charge is 2.39. The molecule has 1 aromatic heterocycles. The number of halogens is 3. The molecule has 1 fully saturated rings. The molecule has 1 aliphatic rings. The number of hydrogen-bond donors (Lipinski definition) is 3. The molecule has 1 heterocycles. The number of aromatic carboxylic acids is 1. The standard InChI is InChI=1S/C26H30F3NO4/c1-5-19(27)22(32)20-15(2)30(18-10-12-26(28,29)13-11-18)23(25(3,4)14-31)21(20)16-6-8-17(9-7-16)24(33)34/h5-9,18,31-32H,2,10-14H2,1,3-4H3,(H,33,34)/b19-5+,22-20-. The van der Waals surface area contributed by atoms with Crippen LogP contribution in [0.5, 0.6) is 0 Å². The van der Waals surface area contributed by atoms with E-state index >= 15 is 0 Å². The minimum Gasteiger partial charge on any atom is -0.504 e. The van der Waals surface area contributed by atoms with Gasteiger partial charge in [-0.1, -0.05) is 32.6 Å². The molecular formula is C26H30F3NO4. The highest BCUT2D eigenvalue weighted by atomic mass is 19.3. The topological polar surface area (TPSA) is 82.7 Å². The van der Waals surface area contributed by atoms with Crippen molar-refractivity contribution in [2.75, 3.05) is 6.61 Å². The van der Waals surface area contributed by atoms with Crippen LogP contribution in [-0.2, 0) is 5.41 Å². The van der Waals surface area contributed by atoms with Crippen LogP contribution in [0.2, 0.25) is 0 Å². The largest absolute Gasteiger partial charge is 0.504 e. The number of allylic oxidation sites excluding steroid dienone is 1. The molecule has 8 heteroatoms. The summed E-state index contributed by atoms with van der Waals surface area (Å²) >= 11 is 0. The number of aliphatic hydroxyl groups excluding tert-OH is 2. The van der Waals surface area contributed by atoms with Gasteiger partial charge in [-0.3, -0.25) is 0 Å². The van der Waals surface area contributed by atoms with Crippen LogP contribution in [0, 0.1) is 0 Å². The SMILES string of the molecule is C=c1/c(=C(O)\C(F)=C/C)c(-c2ccc(C(=O)O)cc2)c(C(C)(C)CO)n1C1CCC(F)(F)CC1. The third kappa shape index (κ3) is 4.64. The van der Waals surface area contributed by atoms with Crippen LogP contribution in [0.15, 0.2) is 36.2 Å². The molecule has 0 radical (unpaired) electrons. The monoisotopic (exact) mass is 477 g/mol. The van der Waals surface area contributed by atoms with Crippen LogP contribution in [0.3, 0.4) is 0 Å². The van der Waals surface area contributed by atoms with E-state index in [-0.39, 0.29) is 54.5 Å². The Hall–Kier alpha value is -3.00. The van der Waals surface area contributed by atoms with Gasteiger partial charge in [0.15, 0.2) is 11.6 Å². The molecule has 0 unspecified atom stereocenters. The van der Waals surface area contributed by atoms with Crippen molar-refractivity contribution in [1.29, 1.82) is 0 Å². The highest BCUT2D eigenvalue weighted by molar-refractivity contribution is 5.88. The van der Waals surface area contributed by atoms with E-state index in [1.807, 2.05) is 0 Å². The lowest BCUT2D eigenvalue weighted by molar-refractivity contribution is -0.0446. The van der Waals surface area contributed by atoms with Crippen molar-refractivity contribution >= 4 is 18.3 Å². The summed E-state index contributed by atoms with van der Waals surface area (Å²) in [6.45, 7) is 8.73. The van der Waals surface area contributed by atoms with E-state index in [4.69, 9.17) is 0 Å². The average molecular weight is 478 g/mol. The fourth-order valence-electron chi connectivity index (χ4n) is 4.64. The number of carboxylic acid groups (broad SMARTS) is 1.